The second kappa shape index (κ2) is 5.85. The molecule has 0 spiro atoms. The molecule has 8 heteroatoms. The van der Waals surface area contributed by atoms with Gasteiger partial charge in [-0.05, 0) is 18.4 Å². The second-order valence-electron chi connectivity index (χ2n) is 5.27. The van der Waals surface area contributed by atoms with Crippen LogP contribution >= 0.6 is 11.3 Å². The van der Waals surface area contributed by atoms with Crippen molar-refractivity contribution in [3.8, 4) is 0 Å². The molecule has 1 aliphatic heterocycles. The van der Waals surface area contributed by atoms with Gasteiger partial charge in [0.05, 0.1) is 29.3 Å². The molecule has 1 aliphatic rings. The molecule has 2 aromatic heterocycles. The Labute approximate surface area is 133 Å². The van der Waals surface area contributed by atoms with Crippen LogP contribution in [0.15, 0.2) is 29.2 Å². The molecule has 3 heterocycles. The molecule has 1 amide bonds. The number of sulfone groups is 1. The Kier molecular flexibility index (Phi) is 4.05. The van der Waals surface area contributed by atoms with E-state index in [1.165, 1.54) is 11.3 Å². The van der Waals surface area contributed by atoms with Gasteiger partial charge in [-0.2, -0.15) is 16.4 Å². The molecule has 3 rings (SSSR count). The topological polar surface area (TPSA) is 72.3 Å². The van der Waals surface area contributed by atoms with E-state index in [-0.39, 0.29) is 24.0 Å². The first kappa shape index (κ1) is 15.2. The van der Waals surface area contributed by atoms with Crippen LogP contribution in [0.2, 0.25) is 0 Å². The maximum absolute atomic E-state index is 12.6. The standard InChI is InChI=1S/C14H17N3O3S2/c1-2-16-8-12(7-15-16)13-10-22(19,20)6-4-17(13)14(18)11-3-5-21-9-11/h3,5,7-9,13H,2,4,6,10H2,1H3/t13-/m1/s1. The van der Waals surface area contributed by atoms with Gasteiger partial charge in [0.1, 0.15) is 0 Å². The van der Waals surface area contributed by atoms with Gasteiger partial charge in [-0.25, -0.2) is 8.42 Å². The average Bonchev–Trinajstić information content (AvgIpc) is 3.17. The molecule has 0 aliphatic carbocycles. The highest BCUT2D eigenvalue weighted by molar-refractivity contribution is 7.91. The molecular weight excluding hydrogens is 322 g/mol. The van der Waals surface area contributed by atoms with Crippen molar-refractivity contribution in [2.75, 3.05) is 18.1 Å². The van der Waals surface area contributed by atoms with Crippen molar-refractivity contribution in [3.05, 3.63) is 40.3 Å². The van der Waals surface area contributed by atoms with Gasteiger partial charge in [0.2, 0.25) is 0 Å². The van der Waals surface area contributed by atoms with Gasteiger partial charge < -0.3 is 4.90 Å². The quantitative estimate of drug-likeness (QED) is 0.851. The summed E-state index contributed by atoms with van der Waals surface area (Å²) in [4.78, 5) is 14.3. The normalized spacial score (nSPS) is 21.0. The molecule has 1 fully saturated rings. The lowest BCUT2D eigenvalue weighted by Gasteiger charge is -2.34. The maximum atomic E-state index is 12.6. The van der Waals surface area contributed by atoms with Crippen LogP contribution < -0.4 is 0 Å². The number of rotatable bonds is 3. The zero-order valence-corrected chi connectivity index (χ0v) is 13.8. The lowest BCUT2D eigenvalue weighted by molar-refractivity contribution is 0.0698. The van der Waals surface area contributed by atoms with Crippen molar-refractivity contribution in [2.45, 2.75) is 19.5 Å². The van der Waals surface area contributed by atoms with Crippen molar-refractivity contribution in [1.82, 2.24) is 14.7 Å². The Morgan fingerprint density at radius 1 is 1.50 bits per heavy atom. The van der Waals surface area contributed by atoms with Gasteiger partial charge in [0.15, 0.2) is 9.84 Å². The van der Waals surface area contributed by atoms with E-state index >= 15 is 0 Å². The molecule has 1 saturated heterocycles. The number of thiophene rings is 1. The molecule has 0 aromatic carbocycles. The van der Waals surface area contributed by atoms with Crippen LogP contribution in [-0.2, 0) is 16.4 Å². The highest BCUT2D eigenvalue weighted by atomic mass is 32.2. The Bertz CT molecular complexity index is 765. The summed E-state index contributed by atoms with van der Waals surface area (Å²) in [6, 6.07) is 1.30. The summed E-state index contributed by atoms with van der Waals surface area (Å²) in [7, 11) is -3.14. The van der Waals surface area contributed by atoms with Crippen molar-refractivity contribution >= 4 is 27.1 Å². The van der Waals surface area contributed by atoms with Gasteiger partial charge in [-0.1, -0.05) is 0 Å². The fourth-order valence-corrected chi connectivity index (χ4v) is 4.73. The van der Waals surface area contributed by atoms with Crippen LogP contribution in [0, 0.1) is 0 Å². The SMILES string of the molecule is CCn1cc([C@H]2CS(=O)(=O)CCN2C(=O)c2ccsc2)cn1. The number of carbonyl (C=O) groups excluding carboxylic acids is 1. The highest BCUT2D eigenvalue weighted by Gasteiger charge is 2.36. The van der Waals surface area contributed by atoms with Crippen molar-refractivity contribution in [2.24, 2.45) is 0 Å². The minimum Gasteiger partial charge on any atom is -0.329 e. The summed E-state index contributed by atoms with van der Waals surface area (Å²) in [6.07, 6.45) is 3.47. The highest BCUT2D eigenvalue weighted by Crippen LogP contribution is 2.28. The fourth-order valence-electron chi connectivity index (χ4n) is 2.60. The van der Waals surface area contributed by atoms with E-state index in [0.29, 0.717) is 12.1 Å². The number of hydrogen-bond acceptors (Lipinski definition) is 5. The molecular formula is C14H17N3O3S2. The first-order valence-electron chi connectivity index (χ1n) is 7.06. The maximum Gasteiger partial charge on any atom is 0.255 e. The van der Waals surface area contributed by atoms with Gasteiger partial charge >= 0.3 is 0 Å². The van der Waals surface area contributed by atoms with Crippen LogP contribution in [0.5, 0.6) is 0 Å². The Hall–Kier alpha value is -1.67. The van der Waals surface area contributed by atoms with E-state index in [9.17, 15) is 13.2 Å². The third-order valence-corrected chi connectivity index (χ3v) is 6.13. The molecule has 0 bridgehead atoms. The van der Waals surface area contributed by atoms with E-state index in [0.717, 1.165) is 5.56 Å². The van der Waals surface area contributed by atoms with Gasteiger partial charge in [0.25, 0.3) is 5.91 Å². The largest absolute Gasteiger partial charge is 0.329 e. The summed E-state index contributed by atoms with van der Waals surface area (Å²) in [5.41, 5.74) is 1.38. The van der Waals surface area contributed by atoms with Gasteiger partial charge in [0, 0.05) is 30.2 Å². The van der Waals surface area contributed by atoms with E-state index in [4.69, 9.17) is 0 Å². The zero-order chi connectivity index (χ0) is 15.7. The van der Waals surface area contributed by atoms with Crippen molar-refractivity contribution in [3.63, 3.8) is 0 Å². The number of aromatic nitrogens is 2. The number of hydrogen-bond donors (Lipinski definition) is 0. The number of carbonyl (C=O) groups is 1. The molecule has 6 nitrogen and oxygen atoms in total. The molecule has 22 heavy (non-hydrogen) atoms. The van der Waals surface area contributed by atoms with Crippen LogP contribution in [0.3, 0.4) is 0 Å². The molecule has 0 unspecified atom stereocenters. The lowest BCUT2D eigenvalue weighted by atomic mass is 10.1. The third kappa shape index (κ3) is 2.93. The summed E-state index contributed by atoms with van der Waals surface area (Å²) in [5.74, 6) is -0.148. The minimum atomic E-state index is -3.14. The first-order valence-corrected chi connectivity index (χ1v) is 9.82. The monoisotopic (exact) mass is 339 g/mol. The summed E-state index contributed by atoms with van der Waals surface area (Å²) in [5, 5.41) is 7.84. The summed E-state index contributed by atoms with van der Waals surface area (Å²) < 4.78 is 25.7. The van der Waals surface area contributed by atoms with E-state index in [2.05, 4.69) is 5.10 Å². The van der Waals surface area contributed by atoms with E-state index in [1.807, 2.05) is 18.5 Å². The molecule has 0 N–H and O–H groups in total. The number of nitrogens with zero attached hydrogens (tertiary/aromatic N) is 3. The van der Waals surface area contributed by atoms with Crippen molar-refractivity contribution in [1.29, 1.82) is 0 Å². The van der Waals surface area contributed by atoms with E-state index < -0.39 is 15.9 Å². The van der Waals surface area contributed by atoms with Crippen LogP contribution in [0.25, 0.3) is 0 Å². The molecule has 1 atom stereocenters. The van der Waals surface area contributed by atoms with Crippen molar-refractivity contribution < 1.29 is 13.2 Å². The van der Waals surface area contributed by atoms with Crippen LogP contribution in [0.1, 0.15) is 28.9 Å². The fraction of sp³-hybridized carbons (Fsp3) is 0.429. The third-order valence-electron chi connectivity index (χ3n) is 3.82. The summed E-state index contributed by atoms with van der Waals surface area (Å²) in [6.45, 7) is 2.89. The molecule has 118 valence electrons. The Morgan fingerprint density at radius 2 is 2.32 bits per heavy atom. The second-order valence-corrected chi connectivity index (χ2v) is 8.28. The predicted octanol–water partition coefficient (Wildman–Crippen LogP) is 1.58. The molecule has 0 radical (unpaired) electrons. The Morgan fingerprint density at radius 3 is 2.95 bits per heavy atom. The number of aryl methyl sites for hydroxylation is 1. The Balaban J connectivity index is 1.94. The first-order chi connectivity index (χ1) is 10.5. The van der Waals surface area contributed by atoms with Gasteiger partial charge in [-0.3, -0.25) is 9.48 Å². The molecule has 2 aromatic rings. The van der Waals surface area contributed by atoms with Crippen LogP contribution in [0.4, 0.5) is 0 Å². The predicted molar refractivity (Wildman–Crippen MR) is 84.7 cm³/mol. The van der Waals surface area contributed by atoms with E-state index in [1.54, 1.807) is 27.2 Å². The molecule has 0 saturated carbocycles. The zero-order valence-electron chi connectivity index (χ0n) is 12.2. The summed E-state index contributed by atoms with van der Waals surface area (Å²) >= 11 is 1.45. The van der Waals surface area contributed by atoms with Crippen LogP contribution in [-0.4, -0.2) is 47.1 Å². The van der Waals surface area contributed by atoms with Gasteiger partial charge in [-0.15, -0.1) is 0 Å². The smallest absolute Gasteiger partial charge is 0.255 e. The lowest BCUT2D eigenvalue weighted by Crippen LogP contribution is -2.46. The number of amides is 1. The average molecular weight is 339 g/mol. The minimum absolute atomic E-state index is 0.0152.